The third-order valence-corrected chi connectivity index (χ3v) is 5.69. The van der Waals surface area contributed by atoms with Crippen molar-refractivity contribution in [2.45, 2.75) is 57.3 Å². The Labute approximate surface area is 192 Å². The molecule has 0 spiro atoms. The van der Waals surface area contributed by atoms with Gasteiger partial charge in [0.15, 0.2) is 11.6 Å². The molecule has 1 aromatic rings. The van der Waals surface area contributed by atoms with Gasteiger partial charge in [-0.3, -0.25) is 4.79 Å². The molecule has 1 aliphatic heterocycles. The van der Waals surface area contributed by atoms with E-state index in [0.717, 1.165) is 6.07 Å². The van der Waals surface area contributed by atoms with E-state index in [-0.39, 0.29) is 30.4 Å². The number of halogens is 2. The predicted octanol–water partition coefficient (Wildman–Crippen LogP) is 2.65. The van der Waals surface area contributed by atoms with E-state index in [1.165, 1.54) is 19.2 Å². The van der Waals surface area contributed by atoms with Crippen molar-refractivity contribution in [1.29, 1.82) is 0 Å². The molecular formula is C20H29BClFN2O7. The number of rotatable bonds is 10. The molecule has 2 unspecified atom stereocenters. The molecule has 3 N–H and O–H groups in total. The van der Waals surface area contributed by atoms with Crippen LogP contribution >= 0.6 is 11.6 Å². The summed E-state index contributed by atoms with van der Waals surface area (Å²) in [5.74, 6) is -1.93. The van der Waals surface area contributed by atoms with Crippen molar-refractivity contribution < 1.29 is 37.9 Å². The van der Waals surface area contributed by atoms with E-state index in [1.54, 1.807) is 0 Å². The second-order valence-electron chi connectivity index (χ2n) is 8.41. The molecule has 0 bridgehead atoms. The van der Waals surface area contributed by atoms with Crippen molar-refractivity contribution in [3.05, 3.63) is 29.0 Å². The topological polar surface area (TPSA) is 115 Å². The Kier molecular flexibility index (Phi) is 8.75. The van der Waals surface area contributed by atoms with Crippen LogP contribution in [0.25, 0.3) is 0 Å². The minimum atomic E-state index is -1.36. The molecule has 1 aromatic carbocycles. The standard InChI is InChI=1S/C20H29BClFN2O7/c1-19(2)20(3,4)32-21(31-19)16(25-17(26)14(11-29-5)24-18(27)28)8-9-30-15-7-6-12(22)10-13(15)23/h6-7,10,14,16,24H,8-9,11H2,1-5H3,(H,25,26)(H,27,28). The molecule has 1 fully saturated rings. The van der Waals surface area contributed by atoms with Gasteiger partial charge in [0.1, 0.15) is 6.04 Å². The van der Waals surface area contributed by atoms with Crippen LogP contribution in [0.3, 0.4) is 0 Å². The Balaban J connectivity index is 2.13. The summed E-state index contributed by atoms with van der Waals surface area (Å²) in [6, 6.07) is 2.90. The van der Waals surface area contributed by atoms with E-state index in [2.05, 4.69) is 10.6 Å². The average Bonchev–Trinajstić information content (AvgIpc) is 2.89. The smallest absolute Gasteiger partial charge is 0.481 e. The third-order valence-electron chi connectivity index (χ3n) is 5.46. The van der Waals surface area contributed by atoms with Gasteiger partial charge in [0.05, 0.1) is 30.4 Å². The monoisotopic (exact) mass is 474 g/mol. The van der Waals surface area contributed by atoms with Crippen molar-refractivity contribution >= 4 is 30.7 Å². The molecule has 9 nitrogen and oxygen atoms in total. The fourth-order valence-corrected chi connectivity index (χ4v) is 3.16. The number of methoxy groups -OCH3 is 1. The van der Waals surface area contributed by atoms with Crippen molar-refractivity contribution in [1.82, 2.24) is 10.6 Å². The van der Waals surface area contributed by atoms with Gasteiger partial charge in [-0.1, -0.05) is 11.6 Å². The van der Waals surface area contributed by atoms with E-state index in [0.29, 0.717) is 0 Å². The number of carbonyl (C=O) groups is 2. The SMILES string of the molecule is COCC(NC(=O)O)C(=O)NC(CCOc1ccc(Cl)cc1F)B1OC(C)(C)C(C)(C)O1. The largest absolute Gasteiger partial charge is 0.490 e. The number of ether oxygens (including phenoxy) is 2. The molecule has 1 heterocycles. The fraction of sp³-hybridized carbons (Fsp3) is 0.600. The molecule has 178 valence electrons. The number of carboxylic acid groups (broad SMARTS) is 1. The minimum absolute atomic E-state index is 0.0122. The first-order valence-corrected chi connectivity index (χ1v) is 10.5. The zero-order chi connectivity index (χ0) is 24.1. The van der Waals surface area contributed by atoms with Crippen LogP contribution in [0, 0.1) is 5.82 Å². The molecule has 2 rings (SSSR count). The second-order valence-corrected chi connectivity index (χ2v) is 8.85. The lowest BCUT2D eigenvalue weighted by atomic mass is 9.76. The maximum Gasteiger partial charge on any atom is 0.481 e. The van der Waals surface area contributed by atoms with Gasteiger partial charge in [0.25, 0.3) is 0 Å². The molecule has 0 aliphatic carbocycles. The van der Waals surface area contributed by atoms with Gasteiger partial charge in [-0.2, -0.15) is 0 Å². The summed E-state index contributed by atoms with van der Waals surface area (Å²) in [6.45, 7) is 7.32. The third kappa shape index (κ3) is 6.71. The van der Waals surface area contributed by atoms with Gasteiger partial charge < -0.3 is 34.5 Å². The molecular weight excluding hydrogens is 445 g/mol. The number of benzene rings is 1. The summed E-state index contributed by atoms with van der Waals surface area (Å²) in [5.41, 5.74) is -1.32. The number of hydrogen-bond acceptors (Lipinski definition) is 6. The predicted molar refractivity (Wildman–Crippen MR) is 116 cm³/mol. The van der Waals surface area contributed by atoms with Crippen LogP contribution in [0.5, 0.6) is 5.75 Å². The van der Waals surface area contributed by atoms with Crippen LogP contribution in [0.1, 0.15) is 34.1 Å². The molecule has 0 saturated carbocycles. The Morgan fingerprint density at radius 2 is 1.84 bits per heavy atom. The summed E-state index contributed by atoms with van der Waals surface area (Å²) in [4.78, 5) is 23.8. The number of amides is 2. The highest BCUT2D eigenvalue weighted by molar-refractivity contribution is 6.48. The molecule has 2 amide bonds. The van der Waals surface area contributed by atoms with E-state index >= 15 is 0 Å². The first kappa shape index (κ1) is 26.2. The second kappa shape index (κ2) is 10.7. The van der Waals surface area contributed by atoms with Crippen molar-refractivity contribution in [2.75, 3.05) is 20.3 Å². The normalized spacial score (nSPS) is 18.7. The number of carbonyl (C=O) groups excluding carboxylic acids is 1. The maximum atomic E-state index is 14.0. The highest BCUT2D eigenvalue weighted by atomic mass is 35.5. The Bertz CT molecular complexity index is 811. The Hall–Kier alpha value is -2.08. The van der Waals surface area contributed by atoms with Crippen molar-refractivity contribution in [3.8, 4) is 5.75 Å². The molecule has 1 saturated heterocycles. The number of nitrogens with one attached hydrogen (secondary N) is 2. The highest BCUT2D eigenvalue weighted by Gasteiger charge is 2.54. The molecule has 0 aromatic heterocycles. The Morgan fingerprint density at radius 1 is 1.22 bits per heavy atom. The van der Waals surface area contributed by atoms with Crippen LogP contribution in [0.15, 0.2) is 18.2 Å². The highest BCUT2D eigenvalue weighted by Crippen LogP contribution is 2.38. The van der Waals surface area contributed by atoms with E-state index in [4.69, 9.17) is 35.5 Å². The van der Waals surface area contributed by atoms with E-state index in [9.17, 15) is 14.0 Å². The van der Waals surface area contributed by atoms with Gasteiger partial charge >= 0.3 is 13.2 Å². The van der Waals surface area contributed by atoms with Gasteiger partial charge in [-0.15, -0.1) is 0 Å². The zero-order valence-corrected chi connectivity index (χ0v) is 19.5. The van der Waals surface area contributed by atoms with Gasteiger partial charge in [-0.25, -0.2) is 9.18 Å². The molecule has 0 radical (unpaired) electrons. The van der Waals surface area contributed by atoms with Gasteiger partial charge in [0.2, 0.25) is 5.91 Å². The van der Waals surface area contributed by atoms with Crippen molar-refractivity contribution in [2.24, 2.45) is 0 Å². The molecule has 32 heavy (non-hydrogen) atoms. The average molecular weight is 475 g/mol. The summed E-state index contributed by atoms with van der Waals surface area (Å²) < 4.78 is 36.5. The van der Waals surface area contributed by atoms with Crippen LogP contribution in [0.2, 0.25) is 5.02 Å². The van der Waals surface area contributed by atoms with Gasteiger partial charge in [-0.05, 0) is 45.9 Å². The van der Waals surface area contributed by atoms with E-state index < -0.39 is 48.1 Å². The van der Waals surface area contributed by atoms with Gasteiger partial charge in [0, 0.05) is 18.6 Å². The lowest BCUT2D eigenvalue weighted by Crippen LogP contribution is -2.56. The fourth-order valence-electron chi connectivity index (χ4n) is 3.00. The Morgan fingerprint density at radius 3 is 2.38 bits per heavy atom. The van der Waals surface area contributed by atoms with E-state index in [1.807, 2.05) is 27.7 Å². The maximum absolute atomic E-state index is 14.0. The lowest BCUT2D eigenvalue weighted by molar-refractivity contribution is -0.124. The van der Waals surface area contributed by atoms with Crippen LogP contribution in [-0.4, -0.2) is 67.7 Å². The quantitative estimate of drug-likeness (QED) is 0.447. The lowest BCUT2D eigenvalue weighted by Gasteiger charge is -2.32. The first-order valence-electron chi connectivity index (χ1n) is 10.1. The number of hydrogen-bond donors (Lipinski definition) is 3. The minimum Gasteiger partial charge on any atom is -0.490 e. The molecule has 12 heteroatoms. The van der Waals surface area contributed by atoms with Crippen LogP contribution in [-0.2, 0) is 18.8 Å². The summed E-state index contributed by atoms with van der Waals surface area (Å²) >= 11 is 5.76. The molecule has 2 atom stereocenters. The summed E-state index contributed by atoms with van der Waals surface area (Å²) in [7, 11) is 0.514. The zero-order valence-electron chi connectivity index (χ0n) is 18.7. The van der Waals surface area contributed by atoms with Crippen LogP contribution < -0.4 is 15.4 Å². The molecule has 1 aliphatic rings. The van der Waals surface area contributed by atoms with Crippen LogP contribution in [0.4, 0.5) is 9.18 Å². The van der Waals surface area contributed by atoms with Crippen molar-refractivity contribution in [3.63, 3.8) is 0 Å². The first-order chi connectivity index (χ1) is 14.9. The summed E-state index contributed by atoms with van der Waals surface area (Å²) in [5, 5.41) is 14.1. The summed E-state index contributed by atoms with van der Waals surface area (Å²) in [6.07, 6.45) is -1.17.